The van der Waals surface area contributed by atoms with Gasteiger partial charge in [-0.05, 0) is 55.5 Å². The van der Waals surface area contributed by atoms with Crippen molar-refractivity contribution in [3.63, 3.8) is 0 Å². The highest BCUT2D eigenvalue weighted by Crippen LogP contribution is 2.27. The molecule has 168 valence electrons. The van der Waals surface area contributed by atoms with Crippen LogP contribution in [-0.2, 0) is 11.8 Å². The summed E-state index contributed by atoms with van der Waals surface area (Å²) in [7, 11) is 2.02. The SMILES string of the molecule is CC(CC(=O)NC(c1ccccc1)c1nc2ccccc2n1C)C1CCNCC1.Cl.Cl. The standard InChI is InChI=1S/C24H30N4O.2ClH/c1-17(18-12-14-25-15-13-18)16-22(29)27-23(19-8-4-3-5-9-19)24-26-20-10-6-7-11-21(20)28(24)2;;/h3-11,17-18,23,25H,12-16H2,1-2H3,(H,27,29);2*1H. The molecule has 0 radical (unpaired) electrons. The maximum Gasteiger partial charge on any atom is 0.221 e. The lowest BCUT2D eigenvalue weighted by Gasteiger charge is -2.28. The molecule has 1 fully saturated rings. The Morgan fingerprint density at radius 1 is 1.10 bits per heavy atom. The molecule has 0 spiro atoms. The number of aryl methyl sites for hydroxylation is 1. The number of imidazole rings is 1. The van der Waals surface area contributed by atoms with Crippen LogP contribution in [0.4, 0.5) is 0 Å². The second-order valence-corrected chi connectivity index (χ2v) is 8.20. The second kappa shape index (κ2) is 11.5. The zero-order chi connectivity index (χ0) is 20.2. The first-order valence-corrected chi connectivity index (χ1v) is 10.6. The van der Waals surface area contributed by atoms with Crippen LogP contribution in [0, 0.1) is 11.8 Å². The van der Waals surface area contributed by atoms with Gasteiger partial charge in [-0.2, -0.15) is 0 Å². The summed E-state index contributed by atoms with van der Waals surface area (Å²) in [5.41, 5.74) is 3.07. The predicted octanol–water partition coefficient (Wildman–Crippen LogP) is 4.65. The summed E-state index contributed by atoms with van der Waals surface area (Å²) >= 11 is 0. The molecule has 2 heterocycles. The Labute approximate surface area is 196 Å². The van der Waals surface area contributed by atoms with Crippen LogP contribution in [0.25, 0.3) is 11.0 Å². The number of halogens is 2. The first kappa shape index (κ1) is 25.2. The molecule has 2 atom stereocenters. The summed E-state index contributed by atoms with van der Waals surface area (Å²) in [4.78, 5) is 17.9. The fourth-order valence-corrected chi connectivity index (χ4v) is 4.46. The molecule has 2 N–H and O–H groups in total. The van der Waals surface area contributed by atoms with Crippen LogP contribution < -0.4 is 10.6 Å². The van der Waals surface area contributed by atoms with Crippen molar-refractivity contribution in [1.29, 1.82) is 0 Å². The number of carbonyl (C=O) groups is 1. The Kier molecular flexibility index (Phi) is 9.35. The van der Waals surface area contributed by atoms with Gasteiger partial charge >= 0.3 is 0 Å². The quantitative estimate of drug-likeness (QED) is 0.560. The van der Waals surface area contributed by atoms with Crippen LogP contribution >= 0.6 is 24.8 Å². The first-order valence-electron chi connectivity index (χ1n) is 10.6. The van der Waals surface area contributed by atoms with E-state index in [1.54, 1.807) is 0 Å². The zero-order valence-corrected chi connectivity index (χ0v) is 19.7. The average molecular weight is 463 g/mol. The number of piperidine rings is 1. The Morgan fingerprint density at radius 3 is 2.42 bits per heavy atom. The van der Waals surface area contributed by atoms with Crippen molar-refractivity contribution in [2.24, 2.45) is 18.9 Å². The fourth-order valence-electron chi connectivity index (χ4n) is 4.46. The second-order valence-electron chi connectivity index (χ2n) is 8.20. The monoisotopic (exact) mass is 462 g/mol. The molecule has 7 heteroatoms. The lowest BCUT2D eigenvalue weighted by Crippen LogP contribution is -2.35. The number of carbonyl (C=O) groups excluding carboxylic acids is 1. The van der Waals surface area contributed by atoms with Crippen LogP contribution in [0.15, 0.2) is 54.6 Å². The normalized spacial score (nSPS) is 16.1. The van der Waals surface area contributed by atoms with Gasteiger partial charge in [0.05, 0.1) is 11.0 Å². The number of nitrogens with zero attached hydrogens (tertiary/aromatic N) is 2. The largest absolute Gasteiger partial charge is 0.342 e. The lowest BCUT2D eigenvalue weighted by atomic mass is 9.84. The third-order valence-electron chi connectivity index (χ3n) is 6.21. The van der Waals surface area contributed by atoms with Gasteiger partial charge in [-0.25, -0.2) is 4.98 Å². The van der Waals surface area contributed by atoms with Crippen molar-refractivity contribution < 1.29 is 4.79 Å². The minimum atomic E-state index is -0.263. The van der Waals surface area contributed by atoms with E-state index in [-0.39, 0.29) is 36.8 Å². The van der Waals surface area contributed by atoms with Crippen molar-refractivity contribution in [3.05, 3.63) is 66.0 Å². The molecule has 3 aromatic rings. The number of hydrogen-bond donors (Lipinski definition) is 2. The fraction of sp³-hybridized carbons (Fsp3) is 0.417. The average Bonchev–Trinajstić information content (AvgIpc) is 3.10. The molecule has 0 aliphatic carbocycles. The minimum Gasteiger partial charge on any atom is -0.342 e. The molecule has 1 aliphatic heterocycles. The molecular weight excluding hydrogens is 431 g/mol. The van der Waals surface area contributed by atoms with Crippen molar-refractivity contribution >= 4 is 41.8 Å². The molecule has 0 saturated carbocycles. The maximum atomic E-state index is 13.0. The molecule has 2 unspecified atom stereocenters. The van der Waals surface area contributed by atoms with E-state index in [9.17, 15) is 4.79 Å². The Balaban J connectivity index is 0.00000171. The van der Waals surface area contributed by atoms with Crippen molar-refractivity contribution in [2.45, 2.75) is 32.2 Å². The van der Waals surface area contributed by atoms with E-state index >= 15 is 0 Å². The smallest absolute Gasteiger partial charge is 0.221 e. The highest BCUT2D eigenvalue weighted by Gasteiger charge is 2.26. The number of rotatable bonds is 6. The van der Waals surface area contributed by atoms with E-state index < -0.39 is 0 Å². The van der Waals surface area contributed by atoms with Crippen LogP contribution in [-0.4, -0.2) is 28.5 Å². The molecular formula is C24H32Cl2N4O. The molecule has 1 saturated heterocycles. The van der Waals surface area contributed by atoms with Gasteiger partial charge in [0, 0.05) is 13.5 Å². The highest BCUT2D eigenvalue weighted by atomic mass is 35.5. The summed E-state index contributed by atoms with van der Waals surface area (Å²) in [6.45, 7) is 4.33. The lowest BCUT2D eigenvalue weighted by molar-refractivity contribution is -0.122. The Hall–Kier alpha value is -2.08. The molecule has 0 bridgehead atoms. The van der Waals surface area contributed by atoms with E-state index in [4.69, 9.17) is 4.98 Å². The van der Waals surface area contributed by atoms with E-state index in [2.05, 4.69) is 40.3 Å². The molecule has 2 aromatic carbocycles. The predicted molar refractivity (Wildman–Crippen MR) is 131 cm³/mol. The van der Waals surface area contributed by atoms with E-state index in [1.807, 2.05) is 43.4 Å². The van der Waals surface area contributed by atoms with Gasteiger partial charge in [0.1, 0.15) is 11.9 Å². The van der Waals surface area contributed by atoms with Gasteiger partial charge in [0.15, 0.2) is 0 Å². The van der Waals surface area contributed by atoms with Gasteiger partial charge in [-0.15, -0.1) is 24.8 Å². The summed E-state index contributed by atoms with van der Waals surface area (Å²) < 4.78 is 2.09. The number of nitrogens with one attached hydrogen (secondary N) is 2. The number of aromatic nitrogens is 2. The van der Waals surface area contributed by atoms with Crippen LogP contribution in [0.2, 0.25) is 0 Å². The zero-order valence-electron chi connectivity index (χ0n) is 18.1. The number of para-hydroxylation sites is 2. The molecule has 1 amide bonds. The number of fused-ring (bicyclic) bond motifs is 1. The van der Waals surface area contributed by atoms with Crippen molar-refractivity contribution in [1.82, 2.24) is 20.2 Å². The van der Waals surface area contributed by atoms with Gasteiger partial charge in [0.25, 0.3) is 0 Å². The van der Waals surface area contributed by atoms with Crippen molar-refractivity contribution in [3.8, 4) is 0 Å². The first-order chi connectivity index (χ1) is 14.1. The third kappa shape index (κ3) is 5.79. The van der Waals surface area contributed by atoms with Crippen molar-refractivity contribution in [2.75, 3.05) is 13.1 Å². The van der Waals surface area contributed by atoms with E-state index in [0.717, 1.165) is 48.4 Å². The third-order valence-corrected chi connectivity index (χ3v) is 6.21. The van der Waals surface area contributed by atoms with Gasteiger partial charge < -0.3 is 15.2 Å². The van der Waals surface area contributed by atoms with Crippen LogP contribution in [0.1, 0.15) is 43.6 Å². The van der Waals surface area contributed by atoms with Crippen LogP contribution in [0.5, 0.6) is 0 Å². The summed E-state index contributed by atoms with van der Waals surface area (Å²) in [5, 5.41) is 6.69. The number of amides is 1. The molecule has 1 aliphatic rings. The number of hydrogen-bond acceptors (Lipinski definition) is 3. The van der Waals surface area contributed by atoms with Crippen LogP contribution in [0.3, 0.4) is 0 Å². The minimum absolute atomic E-state index is 0. The summed E-state index contributed by atoms with van der Waals surface area (Å²) in [6.07, 6.45) is 2.86. The topological polar surface area (TPSA) is 59.0 Å². The maximum absolute atomic E-state index is 13.0. The Morgan fingerprint density at radius 2 is 1.74 bits per heavy atom. The Bertz CT molecular complexity index is 970. The highest BCUT2D eigenvalue weighted by molar-refractivity contribution is 5.85. The summed E-state index contributed by atoms with van der Waals surface area (Å²) in [5.74, 6) is 1.96. The van der Waals surface area contributed by atoms with E-state index in [1.165, 1.54) is 0 Å². The molecule has 4 rings (SSSR count). The van der Waals surface area contributed by atoms with E-state index in [0.29, 0.717) is 18.3 Å². The van der Waals surface area contributed by atoms with Gasteiger partial charge in [0.2, 0.25) is 5.91 Å². The van der Waals surface area contributed by atoms with Gasteiger partial charge in [-0.3, -0.25) is 4.79 Å². The van der Waals surface area contributed by atoms with Gasteiger partial charge in [-0.1, -0.05) is 49.4 Å². The molecule has 5 nitrogen and oxygen atoms in total. The molecule has 1 aromatic heterocycles. The number of benzene rings is 2. The molecule has 31 heavy (non-hydrogen) atoms. The summed E-state index contributed by atoms with van der Waals surface area (Å²) in [6, 6.07) is 18.0.